The van der Waals surface area contributed by atoms with Crippen molar-refractivity contribution in [2.45, 2.75) is 58.4 Å². The van der Waals surface area contributed by atoms with Crippen molar-refractivity contribution >= 4 is 35.8 Å². The Labute approximate surface area is 191 Å². The number of hydrogen-bond acceptors (Lipinski definition) is 3. The number of nitrogens with one attached hydrogen (secondary N) is 2. The highest BCUT2D eigenvalue weighted by Crippen LogP contribution is 2.31. The van der Waals surface area contributed by atoms with E-state index in [4.69, 9.17) is 4.99 Å². The third kappa shape index (κ3) is 6.23. The van der Waals surface area contributed by atoms with Crippen molar-refractivity contribution in [3.63, 3.8) is 0 Å². The Hall–Kier alpha value is -1.51. The monoisotopic (exact) mass is 514 g/mol. The molecule has 3 N–H and O–H groups in total. The first kappa shape index (κ1) is 23.8. The number of benzene rings is 1. The van der Waals surface area contributed by atoms with Gasteiger partial charge in [0.25, 0.3) is 0 Å². The van der Waals surface area contributed by atoms with E-state index in [-0.39, 0.29) is 29.9 Å². The topological polar surface area (TPSA) is 77.0 Å². The van der Waals surface area contributed by atoms with Gasteiger partial charge in [-0.05, 0) is 68.6 Å². The van der Waals surface area contributed by atoms with Crippen LogP contribution in [-0.2, 0) is 24.2 Å². The maximum Gasteiger partial charge on any atom is 0.220 e. The zero-order chi connectivity index (χ0) is 19.9. The molecule has 0 unspecified atom stereocenters. The van der Waals surface area contributed by atoms with Gasteiger partial charge in [-0.15, -0.1) is 24.0 Å². The van der Waals surface area contributed by atoms with Gasteiger partial charge in [0.2, 0.25) is 5.91 Å². The molecule has 1 fully saturated rings. The van der Waals surface area contributed by atoms with Crippen LogP contribution >= 0.6 is 24.0 Å². The van der Waals surface area contributed by atoms with E-state index in [0.717, 1.165) is 56.8 Å². The number of carbonyl (C=O) groups excluding carboxylic acids is 1. The van der Waals surface area contributed by atoms with Crippen LogP contribution < -0.4 is 10.6 Å². The first-order valence-corrected chi connectivity index (χ1v) is 10.7. The molecule has 1 aliphatic carbocycles. The van der Waals surface area contributed by atoms with E-state index in [1.807, 2.05) is 6.07 Å². The normalized spacial score (nSPS) is 17.3. The van der Waals surface area contributed by atoms with E-state index in [9.17, 15) is 9.90 Å². The molecule has 1 saturated heterocycles. The number of piperidine rings is 1. The fourth-order valence-corrected chi connectivity index (χ4v) is 4.36. The number of phenols is 1. The average molecular weight is 514 g/mol. The molecule has 0 atom stereocenters. The maximum absolute atomic E-state index is 11.6. The van der Waals surface area contributed by atoms with E-state index < -0.39 is 0 Å². The number of rotatable bonds is 5. The smallest absolute Gasteiger partial charge is 0.220 e. The molecular formula is C22H35IN4O2. The number of fused-ring (bicyclic) bond motifs is 1. The number of carbonyl (C=O) groups is 1. The third-order valence-corrected chi connectivity index (χ3v) is 6.02. The summed E-state index contributed by atoms with van der Waals surface area (Å²) in [6, 6.07) is 3.89. The first-order chi connectivity index (χ1) is 13.6. The summed E-state index contributed by atoms with van der Waals surface area (Å²) in [5.41, 5.74) is 3.66. The molecule has 0 saturated carbocycles. The van der Waals surface area contributed by atoms with E-state index in [1.54, 1.807) is 7.05 Å². The molecule has 1 aromatic carbocycles. The molecule has 162 valence electrons. The van der Waals surface area contributed by atoms with E-state index in [1.165, 1.54) is 24.0 Å². The Morgan fingerprint density at radius 2 is 1.97 bits per heavy atom. The molecule has 3 rings (SSSR count). The lowest BCUT2D eigenvalue weighted by Crippen LogP contribution is -2.46. The lowest BCUT2D eigenvalue weighted by molar-refractivity contribution is -0.121. The number of amides is 1. The molecule has 1 amide bonds. The van der Waals surface area contributed by atoms with Gasteiger partial charge in [0, 0.05) is 38.7 Å². The summed E-state index contributed by atoms with van der Waals surface area (Å²) in [4.78, 5) is 18.8. The zero-order valence-electron chi connectivity index (χ0n) is 17.7. The van der Waals surface area contributed by atoms with E-state index in [0.29, 0.717) is 24.6 Å². The molecule has 1 heterocycles. The van der Waals surface area contributed by atoms with Crippen molar-refractivity contribution < 1.29 is 9.90 Å². The molecular weight excluding hydrogens is 479 g/mol. The molecule has 7 heteroatoms. The van der Waals surface area contributed by atoms with Crippen molar-refractivity contribution in [1.29, 1.82) is 0 Å². The number of aryl methyl sites for hydroxylation is 1. The molecule has 0 spiro atoms. The van der Waals surface area contributed by atoms with E-state index in [2.05, 4.69) is 28.5 Å². The Kier molecular flexibility index (Phi) is 9.52. The molecule has 1 aromatic rings. The minimum absolute atomic E-state index is 0. The van der Waals surface area contributed by atoms with Gasteiger partial charge in [-0.1, -0.05) is 6.07 Å². The highest BCUT2D eigenvalue weighted by atomic mass is 127. The SMILES string of the molecule is CCNC(=NCc1c(O)ccc2c1CCCC2)N1CCC(CC(=O)NC)CC1.I. The highest BCUT2D eigenvalue weighted by molar-refractivity contribution is 14.0. The first-order valence-electron chi connectivity index (χ1n) is 10.7. The number of guanidine groups is 1. The number of aromatic hydroxyl groups is 1. The Balaban J connectivity index is 0.00000300. The summed E-state index contributed by atoms with van der Waals surface area (Å²) in [6.45, 7) is 5.22. The second kappa shape index (κ2) is 11.6. The van der Waals surface area contributed by atoms with Crippen molar-refractivity contribution in [3.8, 4) is 5.75 Å². The van der Waals surface area contributed by atoms with Crippen LogP contribution in [0.5, 0.6) is 5.75 Å². The highest BCUT2D eigenvalue weighted by Gasteiger charge is 2.23. The van der Waals surface area contributed by atoms with Crippen LogP contribution in [0.2, 0.25) is 0 Å². The minimum Gasteiger partial charge on any atom is -0.508 e. The van der Waals surface area contributed by atoms with Gasteiger partial charge in [-0.2, -0.15) is 0 Å². The van der Waals surface area contributed by atoms with Gasteiger partial charge in [0.05, 0.1) is 6.54 Å². The van der Waals surface area contributed by atoms with Crippen LogP contribution in [0.1, 0.15) is 55.7 Å². The molecule has 0 bridgehead atoms. The van der Waals surface area contributed by atoms with Gasteiger partial charge in [-0.25, -0.2) is 4.99 Å². The third-order valence-electron chi connectivity index (χ3n) is 6.02. The number of nitrogens with zero attached hydrogens (tertiary/aromatic N) is 2. The molecule has 0 aromatic heterocycles. The average Bonchev–Trinajstić information content (AvgIpc) is 2.72. The van der Waals surface area contributed by atoms with Gasteiger partial charge < -0.3 is 20.6 Å². The van der Waals surface area contributed by atoms with Gasteiger partial charge in [-0.3, -0.25) is 4.79 Å². The second-order valence-electron chi connectivity index (χ2n) is 7.89. The summed E-state index contributed by atoms with van der Waals surface area (Å²) >= 11 is 0. The van der Waals surface area contributed by atoms with Crippen molar-refractivity contribution in [2.75, 3.05) is 26.7 Å². The number of phenolic OH excluding ortho intramolecular Hbond substituents is 1. The Bertz CT molecular complexity index is 715. The molecule has 29 heavy (non-hydrogen) atoms. The van der Waals surface area contributed by atoms with Crippen molar-refractivity contribution in [1.82, 2.24) is 15.5 Å². The van der Waals surface area contributed by atoms with Crippen molar-refractivity contribution in [2.24, 2.45) is 10.9 Å². The Morgan fingerprint density at radius 3 is 2.66 bits per heavy atom. The van der Waals surface area contributed by atoms with Crippen LogP contribution in [0, 0.1) is 5.92 Å². The molecule has 6 nitrogen and oxygen atoms in total. The molecule has 1 aliphatic heterocycles. The summed E-state index contributed by atoms with van der Waals surface area (Å²) < 4.78 is 0. The van der Waals surface area contributed by atoms with Crippen LogP contribution in [0.15, 0.2) is 17.1 Å². The van der Waals surface area contributed by atoms with Crippen molar-refractivity contribution in [3.05, 3.63) is 28.8 Å². The van der Waals surface area contributed by atoms with Crippen LogP contribution in [0.3, 0.4) is 0 Å². The van der Waals surface area contributed by atoms with Gasteiger partial charge in [0.15, 0.2) is 5.96 Å². The number of halogens is 1. The van der Waals surface area contributed by atoms with Crippen LogP contribution in [0.25, 0.3) is 0 Å². The van der Waals surface area contributed by atoms with Gasteiger partial charge >= 0.3 is 0 Å². The predicted molar refractivity (Wildman–Crippen MR) is 128 cm³/mol. The lowest BCUT2D eigenvalue weighted by Gasteiger charge is -2.34. The number of hydrogen-bond donors (Lipinski definition) is 3. The molecule has 2 aliphatic rings. The number of likely N-dealkylation sites (tertiary alicyclic amines) is 1. The fourth-order valence-electron chi connectivity index (χ4n) is 4.36. The van der Waals surface area contributed by atoms with Crippen LogP contribution in [0.4, 0.5) is 0 Å². The summed E-state index contributed by atoms with van der Waals surface area (Å²) in [5.74, 6) is 1.85. The van der Waals surface area contributed by atoms with E-state index >= 15 is 0 Å². The fraction of sp³-hybridized carbons (Fsp3) is 0.636. The lowest BCUT2D eigenvalue weighted by atomic mass is 9.88. The predicted octanol–water partition coefficient (Wildman–Crippen LogP) is 3.20. The maximum atomic E-state index is 11.6. The number of aliphatic imine (C=N–C) groups is 1. The summed E-state index contributed by atoms with van der Waals surface area (Å²) in [6.07, 6.45) is 7.18. The largest absolute Gasteiger partial charge is 0.508 e. The Morgan fingerprint density at radius 1 is 1.24 bits per heavy atom. The summed E-state index contributed by atoms with van der Waals surface area (Å²) in [7, 11) is 1.70. The quantitative estimate of drug-likeness (QED) is 0.321. The zero-order valence-corrected chi connectivity index (χ0v) is 20.0. The standard InChI is InChI=1S/C22H34N4O2.HI/c1-3-24-22(26-12-10-16(11-13-26)14-21(28)23-2)25-15-19-18-7-5-4-6-17(18)8-9-20(19)27;/h8-9,16,27H,3-7,10-15H2,1-2H3,(H,23,28)(H,24,25);1H. The van der Waals surface area contributed by atoms with Crippen LogP contribution in [-0.4, -0.2) is 48.6 Å². The minimum atomic E-state index is 0. The summed E-state index contributed by atoms with van der Waals surface area (Å²) in [5, 5.41) is 16.5. The second-order valence-corrected chi connectivity index (χ2v) is 7.89. The molecule has 0 radical (unpaired) electrons. The van der Waals surface area contributed by atoms with Gasteiger partial charge in [0.1, 0.15) is 5.75 Å².